The summed E-state index contributed by atoms with van der Waals surface area (Å²) in [5.41, 5.74) is 1.46. The van der Waals surface area contributed by atoms with E-state index in [1.807, 2.05) is 30.0 Å². The van der Waals surface area contributed by atoms with Crippen molar-refractivity contribution in [2.45, 2.75) is 122 Å². The third kappa shape index (κ3) is 15.2. The average molecular weight is 1230 g/mol. The molecule has 0 bridgehead atoms. The van der Waals surface area contributed by atoms with Crippen molar-refractivity contribution in [3.63, 3.8) is 0 Å². The molecule has 3 saturated heterocycles. The second-order valence-electron chi connectivity index (χ2n) is 25.2. The molecule has 22 nitrogen and oxygen atoms in total. The van der Waals surface area contributed by atoms with Gasteiger partial charge in [-0.3, -0.25) is 43.5 Å². The largest absolute Gasteiger partial charge is 0.465 e. The summed E-state index contributed by atoms with van der Waals surface area (Å²) in [5.74, 6) is -4.95. The summed E-state index contributed by atoms with van der Waals surface area (Å²) in [5, 5.41) is 21.3. The first-order valence-electron chi connectivity index (χ1n) is 30.4. The fourth-order valence-corrected chi connectivity index (χ4v) is 12.5. The Hall–Kier alpha value is -8.06. The summed E-state index contributed by atoms with van der Waals surface area (Å²) in [6, 6.07) is 18.0. The van der Waals surface area contributed by atoms with Crippen LogP contribution in [0.25, 0.3) is 0 Å². The van der Waals surface area contributed by atoms with Gasteiger partial charge in [-0.05, 0) is 138 Å². The maximum atomic E-state index is 15.8. The molecule has 8 amide bonds. The maximum Gasteiger partial charge on any atom is 0.410 e. The van der Waals surface area contributed by atoms with Gasteiger partial charge >= 0.3 is 12.2 Å². The van der Waals surface area contributed by atoms with Gasteiger partial charge in [0.15, 0.2) is 0 Å². The van der Waals surface area contributed by atoms with Crippen LogP contribution in [0.4, 0.5) is 29.7 Å². The molecule has 0 aromatic heterocycles. The summed E-state index contributed by atoms with van der Waals surface area (Å²) in [7, 11) is 1.42. The molecule has 4 aromatic carbocycles. The van der Waals surface area contributed by atoms with Crippen LogP contribution in [0.5, 0.6) is 0 Å². The molecule has 89 heavy (non-hydrogen) atoms. The van der Waals surface area contributed by atoms with Crippen LogP contribution in [0.3, 0.4) is 0 Å². The topological polar surface area (TPSA) is 252 Å². The number of hydrogen-bond acceptors (Lipinski definition) is 13. The Labute approximate surface area is 517 Å². The van der Waals surface area contributed by atoms with Gasteiger partial charge in [0.2, 0.25) is 23.6 Å². The Bertz CT molecular complexity index is 3310. The molecular weight excluding hydrogens is 1150 g/mol. The summed E-state index contributed by atoms with van der Waals surface area (Å²) in [4.78, 5) is 122. The van der Waals surface area contributed by atoms with E-state index in [1.54, 1.807) is 69.0 Å². The number of carbonyl (C=O) groups is 8. The summed E-state index contributed by atoms with van der Waals surface area (Å²) in [6.07, 6.45) is -0.505. The molecule has 5 aliphatic rings. The van der Waals surface area contributed by atoms with E-state index < -0.39 is 88.6 Å². The molecule has 5 aliphatic heterocycles. The van der Waals surface area contributed by atoms with E-state index in [4.69, 9.17) is 14.2 Å². The minimum absolute atomic E-state index is 0.00988. The summed E-state index contributed by atoms with van der Waals surface area (Å²) < 4.78 is 46.4. The van der Waals surface area contributed by atoms with E-state index in [1.165, 1.54) is 48.0 Å². The molecule has 0 aliphatic carbocycles. The molecule has 0 radical (unpaired) electrons. The monoisotopic (exact) mass is 1230 g/mol. The zero-order valence-electron chi connectivity index (χ0n) is 51.8. The minimum atomic E-state index is -1.28. The number of fused-ring (bicyclic) bond motifs is 2. The van der Waals surface area contributed by atoms with Crippen molar-refractivity contribution < 1.29 is 66.5 Å². The van der Waals surface area contributed by atoms with E-state index in [0.717, 1.165) is 22.1 Å². The normalized spacial score (nSPS) is 22.1. The smallest absolute Gasteiger partial charge is 0.410 e. The van der Waals surface area contributed by atoms with Crippen LogP contribution in [0.2, 0.25) is 0 Å². The Morgan fingerprint density at radius 1 is 0.831 bits per heavy atom. The standard InChI is InChI=1S/C65H82F2N10O12/c1-39-32-74(48(35-75(39)62(84)85)34-73-25-28-88-37-40(73)2)36-54(78)77-38-65(7,50-19-15-43(30-53(50)77)29-42-13-17-47(66)18-14-42)61(83)69-24-23-68-58(80)45-16-20-51(67)52(31-45)70-59(81)56-49-12-10-9-11-46(49)33-76(56)60(82)55(44-21-26-87-27-22-44)71-57(79)41(3)72(8)63(86)89-64(4,5)6/h9-20,30-31,39-41,44,48,55-56H,21-29,32-38H2,1-8H3,(H,68,80)(H,69,83)(H,70,81)(H,71,79)(H,84,85)/t39?,40-,41+,48?,55+,56+,65?/m1/s1. The molecule has 3 fully saturated rings. The van der Waals surface area contributed by atoms with Gasteiger partial charge in [-0.25, -0.2) is 18.4 Å². The third-order valence-corrected chi connectivity index (χ3v) is 17.7. The lowest BCUT2D eigenvalue weighted by Crippen LogP contribution is -2.64. The molecule has 4 aromatic rings. The Morgan fingerprint density at radius 2 is 1.54 bits per heavy atom. The van der Waals surface area contributed by atoms with Crippen LogP contribution in [-0.4, -0.2) is 199 Å². The number of halogens is 2. The number of rotatable bonds is 18. The van der Waals surface area contributed by atoms with E-state index in [-0.39, 0.29) is 74.3 Å². The average Bonchev–Trinajstić information content (AvgIpc) is 1.63. The van der Waals surface area contributed by atoms with Crippen molar-refractivity contribution in [2.24, 2.45) is 5.92 Å². The third-order valence-electron chi connectivity index (χ3n) is 17.7. The lowest BCUT2D eigenvalue weighted by molar-refractivity contribution is -0.144. The van der Waals surface area contributed by atoms with Gasteiger partial charge in [0, 0.05) is 102 Å². The number of anilines is 2. The van der Waals surface area contributed by atoms with Gasteiger partial charge in [0.25, 0.3) is 11.8 Å². The predicted molar refractivity (Wildman–Crippen MR) is 326 cm³/mol. The number of carbonyl (C=O) groups excluding carboxylic acids is 7. The lowest BCUT2D eigenvalue weighted by atomic mass is 9.83. The van der Waals surface area contributed by atoms with Gasteiger partial charge in [-0.2, -0.15) is 0 Å². The zero-order valence-corrected chi connectivity index (χ0v) is 51.8. The van der Waals surface area contributed by atoms with E-state index in [2.05, 4.69) is 33.1 Å². The molecular formula is C65H82F2N10O12. The summed E-state index contributed by atoms with van der Waals surface area (Å²) >= 11 is 0. The van der Waals surface area contributed by atoms with Crippen LogP contribution < -0.4 is 26.2 Å². The first kappa shape index (κ1) is 65.4. The molecule has 3 unspecified atom stereocenters. The highest BCUT2D eigenvalue weighted by molar-refractivity contribution is 6.04. The minimum Gasteiger partial charge on any atom is -0.465 e. The van der Waals surface area contributed by atoms with Crippen molar-refractivity contribution in [3.05, 3.63) is 130 Å². The molecule has 7 atom stereocenters. The van der Waals surface area contributed by atoms with Gasteiger partial charge in [0.1, 0.15) is 35.4 Å². The Morgan fingerprint density at radius 3 is 2.25 bits per heavy atom. The predicted octanol–water partition coefficient (Wildman–Crippen LogP) is 5.67. The summed E-state index contributed by atoms with van der Waals surface area (Å²) in [6.45, 7) is 15.4. The van der Waals surface area contributed by atoms with Crippen molar-refractivity contribution in [2.75, 3.05) is 96.0 Å². The number of amides is 8. The fourth-order valence-electron chi connectivity index (χ4n) is 12.5. The Balaban J connectivity index is 0.868. The highest BCUT2D eigenvalue weighted by atomic mass is 19.1. The molecule has 9 rings (SSSR count). The van der Waals surface area contributed by atoms with Gasteiger partial charge in [-0.15, -0.1) is 0 Å². The van der Waals surface area contributed by atoms with Crippen LogP contribution in [0, 0.1) is 17.6 Å². The molecule has 24 heteroatoms. The van der Waals surface area contributed by atoms with Crippen molar-refractivity contribution in [1.29, 1.82) is 0 Å². The van der Waals surface area contributed by atoms with Gasteiger partial charge in [-0.1, -0.05) is 48.5 Å². The molecule has 5 heterocycles. The van der Waals surface area contributed by atoms with Crippen LogP contribution in [0.15, 0.2) is 84.9 Å². The van der Waals surface area contributed by atoms with Gasteiger partial charge in [0.05, 0.1) is 30.9 Å². The number of morpholine rings is 1. The lowest BCUT2D eigenvalue weighted by Gasteiger charge is -2.47. The first-order valence-corrected chi connectivity index (χ1v) is 30.4. The molecule has 0 saturated carbocycles. The number of nitrogens with one attached hydrogen (secondary N) is 4. The van der Waals surface area contributed by atoms with Crippen LogP contribution >= 0.6 is 0 Å². The van der Waals surface area contributed by atoms with Crippen molar-refractivity contribution in [1.82, 2.24) is 40.4 Å². The van der Waals surface area contributed by atoms with E-state index in [0.29, 0.717) is 87.7 Å². The quantitative estimate of drug-likeness (QED) is 0.0754. The fraction of sp³-hybridized carbons (Fsp3) is 0.508. The number of carboxylic acid groups (broad SMARTS) is 1. The molecule has 5 N–H and O–H groups in total. The first-order chi connectivity index (χ1) is 42.3. The van der Waals surface area contributed by atoms with Crippen LogP contribution in [0.1, 0.15) is 106 Å². The second kappa shape index (κ2) is 27.8. The van der Waals surface area contributed by atoms with E-state index >= 15 is 4.39 Å². The Kier molecular flexibility index (Phi) is 20.4. The number of piperazine rings is 1. The molecule has 478 valence electrons. The zero-order chi connectivity index (χ0) is 64.1. The number of hydrogen-bond donors (Lipinski definition) is 5. The highest BCUT2D eigenvalue weighted by Gasteiger charge is 2.49. The SMILES string of the molecule is CC1CN(CC(=O)N2CC(C)(C(=O)NCCNC(=O)c3ccc(F)c(NC(=O)[C@@H]4c5ccccc5CN4C(=O)[C@@H](NC(=O)[C@H](C)N(C)C(=O)OC(C)(C)C)C4CCOCC4)c3)c3ccc(Cc4ccc(F)cc4)cc32)C(CN2CCOC[C@H]2C)CN1C(=O)O. The van der Waals surface area contributed by atoms with Crippen LogP contribution in [-0.2, 0) is 56.6 Å². The number of likely N-dealkylation sites (N-methyl/N-ethyl adjacent to an activating group) is 1. The maximum absolute atomic E-state index is 15.8. The van der Waals surface area contributed by atoms with Crippen molar-refractivity contribution >= 4 is 59.0 Å². The van der Waals surface area contributed by atoms with Gasteiger partial charge < -0.3 is 55.3 Å². The number of benzene rings is 4. The molecule has 0 spiro atoms. The highest BCUT2D eigenvalue weighted by Crippen LogP contribution is 2.43. The second-order valence-corrected chi connectivity index (χ2v) is 25.2. The number of nitrogens with zero attached hydrogens (tertiary/aromatic N) is 6. The van der Waals surface area contributed by atoms with Crippen molar-refractivity contribution in [3.8, 4) is 0 Å². The number of ether oxygens (including phenoxy) is 3. The van der Waals surface area contributed by atoms with E-state index in [9.17, 15) is 47.9 Å².